The second kappa shape index (κ2) is 8.75. The van der Waals surface area contributed by atoms with E-state index in [9.17, 15) is 9.59 Å². The van der Waals surface area contributed by atoms with Crippen molar-refractivity contribution in [3.63, 3.8) is 0 Å². The van der Waals surface area contributed by atoms with E-state index in [1.807, 2.05) is 25.1 Å². The molecule has 1 aromatic carbocycles. The quantitative estimate of drug-likeness (QED) is 0.589. The van der Waals surface area contributed by atoms with Gasteiger partial charge in [-0.15, -0.1) is 0 Å². The van der Waals surface area contributed by atoms with Crippen molar-refractivity contribution >= 4 is 34.3 Å². The molecule has 2 aromatic heterocycles. The zero-order valence-electron chi connectivity index (χ0n) is 18.1. The lowest BCUT2D eigenvalue weighted by Crippen LogP contribution is -2.35. The lowest BCUT2D eigenvalue weighted by atomic mass is 10.1. The molecule has 1 amide bonds. The molecular formula is C23H27N5O3. The topological polar surface area (TPSA) is 100 Å². The number of amides is 1. The largest absolute Gasteiger partial charge is 0.423 e. The summed E-state index contributed by atoms with van der Waals surface area (Å²) in [5.41, 5.74) is 2.74. The minimum atomic E-state index is -0.367. The Hall–Kier alpha value is -3.42. The Morgan fingerprint density at radius 2 is 2.10 bits per heavy atom. The molecule has 4 rings (SSSR count). The number of nitrogens with zero attached hydrogens (tertiary/aromatic N) is 3. The highest BCUT2D eigenvalue weighted by Crippen LogP contribution is 2.25. The molecule has 1 aliphatic rings. The molecule has 0 saturated carbocycles. The average molecular weight is 422 g/mol. The van der Waals surface area contributed by atoms with Crippen molar-refractivity contribution in [1.29, 1.82) is 0 Å². The number of benzene rings is 1. The molecule has 0 unspecified atom stereocenters. The number of rotatable bonds is 6. The van der Waals surface area contributed by atoms with Crippen molar-refractivity contribution in [3.05, 3.63) is 52.0 Å². The van der Waals surface area contributed by atoms with E-state index >= 15 is 0 Å². The summed E-state index contributed by atoms with van der Waals surface area (Å²) in [4.78, 5) is 34.7. The van der Waals surface area contributed by atoms with Crippen LogP contribution in [-0.2, 0) is 11.2 Å². The predicted molar refractivity (Wildman–Crippen MR) is 121 cm³/mol. The highest BCUT2D eigenvalue weighted by molar-refractivity contribution is 5.83. The van der Waals surface area contributed by atoms with Crippen LogP contribution in [-0.4, -0.2) is 35.0 Å². The Morgan fingerprint density at radius 1 is 1.26 bits per heavy atom. The summed E-state index contributed by atoms with van der Waals surface area (Å²) in [6.45, 7) is 7.10. The van der Waals surface area contributed by atoms with E-state index in [1.54, 1.807) is 13.0 Å². The van der Waals surface area contributed by atoms with Gasteiger partial charge in [-0.1, -0.05) is 13.3 Å². The van der Waals surface area contributed by atoms with Gasteiger partial charge in [-0.2, -0.15) is 4.98 Å². The number of carbonyl (C=O) groups excluding carboxylic acids is 1. The SMILES string of the molecule is CCCc1cc(N2CC[C@H](NC(C)=O)C2)nc(Nc2ccc3c(C)cc(=O)oc3c2)n1. The monoisotopic (exact) mass is 421 g/mol. The molecule has 3 aromatic rings. The first kappa shape index (κ1) is 20.8. The smallest absolute Gasteiger partial charge is 0.336 e. The third-order valence-electron chi connectivity index (χ3n) is 5.40. The summed E-state index contributed by atoms with van der Waals surface area (Å²) in [5.74, 6) is 1.33. The van der Waals surface area contributed by atoms with Crippen LogP contribution in [0.25, 0.3) is 11.0 Å². The Balaban J connectivity index is 1.61. The minimum Gasteiger partial charge on any atom is -0.423 e. The van der Waals surface area contributed by atoms with Crippen LogP contribution >= 0.6 is 0 Å². The summed E-state index contributed by atoms with van der Waals surface area (Å²) in [7, 11) is 0. The Labute approximate surface area is 180 Å². The molecule has 1 aliphatic heterocycles. The summed E-state index contributed by atoms with van der Waals surface area (Å²) in [6.07, 6.45) is 2.71. The van der Waals surface area contributed by atoms with Crippen molar-refractivity contribution in [2.24, 2.45) is 0 Å². The summed E-state index contributed by atoms with van der Waals surface area (Å²) >= 11 is 0. The minimum absolute atomic E-state index is 0.0123. The zero-order valence-corrected chi connectivity index (χ0v) is 18.1. The number of fused-ring (bicyclic) bond motifs is 1. The Bertz CT molecular complexity index is 1170. The van der Waals surface area contributed by atoms with Gasteiger partial charge in [0.1, 0.15) is 11.4 Å². The number of hydrogen-bond acceptors (Lipinski definition) is 7. The van der Waals surface area contributed by atoms with E-state index in [0.717, 1.165) is 60.5 Å². The van der Waals surface area contributed by atoms with Crippen LogP contribution in [0.4, 0.5) is 17.5 Å². The maximum absolute atomic E-state index is 11.7. The number of anilines is 3. The Morgan fingerprint density at radius 3 is 2.87 bits per heavy atom. The molecule has 0 radical (unpaired) electrons. The number of hydrogen-bond donors (Lipinski definition) is 2. The molecule has 1 atom stereocenters. The molecule has 1 fully saturated rings. The molecule has 0 spiro atoms. The molecule has 0 bridgehead atoms. The van der Waals surface area contributed by atoms with Gasteiger partial charge in [-0.05, 0) is 37.5 Å². The molecule has 162 valence electrons. The lowest BCUT2D eigenvalue weighted by molar-refractivity contribution is -0.119. The van der Waals surface area contributed by atoms with E-state index < -0.39 is 0 Å². The zero-order chi connectivity index (χ0) is 22.0. The molecule has 3 heterocycles. The fourth-order valence-corrected chi connectivity index (χ4v) is 3.99. The molecule has 0 aliphatic carbocycles. The molecule has 2 N–H and O–H groups in total. The fourth-order valence-electron chi connectivity index (χ4n) is 3.99. The molecular weight excluding hydrogens is 394 g/mol. The van der Waals surface area contributed by atoms with Gasteiger partial charge < -0.3 is 20.0 Å². The van der Waals surface area contributed by atoms with Gasteiger partial charge in [0.2, 0.25) is 11.9 Å². The summed E-state index contributed by atoms with van der Waals surface area (Å²) in [6, 6.07) is 9.28. The number of aromatic nitrogens is 2. The van der Waals surface area contributed by atoms with Gasteiger partial charge in [0.05, 0.1) is 0 Å². The maximum Gasteiger partial charge on any atom is 0.336 e. The van der Waals surface area contributed by atoms with Gasteiger partial charge in [0, 0.05) is 61.0 Å². The first-order valence-electron chi connectivity index (χ1n) is 10.6. The normalized spacial score (nSPS) is 16.0. The number of aryl methyl sites for hydroxylation is 2. The average Bonchev–Trinajstić information content (AvgIpc) is 3.15. The summed E-state index contributed by atoms with van der Waals surface area (Å²) in [5, 5.41) is 7.14. The maximum atomic E-state index is 11.7. The number of nitrogens with one attached hydrogen (secondary N) is 2. The van der Waals surface area contributed by atoms with Crippen LogP contribution in [0.15, 0.2) is 39.5 Å². The van der Waals surface area contributed by atoms with Gasteiger partial charge >= 0.3 is 5.63 Å². The van der Waals surface area contributed by atoms with Crippen LogP contribution in [0.2, 0.25) is 0 Å². The molecule has 1 saturated heterocycles. The fraction of sp³-hybridized carbons (Fsp3) is 0.391. The first-order chi connectivity index (χ1) is 14.9. The van der Waals surface area contributed by atoms with Gasteiger partial charge in [0.25, 0.3) is 0 Å². The molecule has 8 nitrogen and oxygen atoms in total. The van der Waals surface area contributed by atoms with Crippen molar-refractivity contribution in [2.75, 3.05) is 23.3 Å². The van der Waals surface area contributed by atoms with Crippen LogP contribution in [0.5, 0.6) is 0 Å². The van der Waals surface area contributed by atoms with E-state index in [1.165, 1.54) is 6.07 Å². The summed E-state index contributed by atoms with van der Waals surface area (Å²) < 4.78 is 5.35. The van der Waals surface area contributed by atoms with Crippen LogP contribution in [0.1, 0.15) is 37.9 Å². The van der Waals surface area contributed by atoms with E-state index in [4.69, 9.17) is 9.40 Å². The first-order valence-corrected chi connectivity index (χ1v) is 10.6. The van der Waals surface area contributed by atoms with Gasteiger partial charge in [-0.3, -0.25) is 4.79 Å². The van der Waals surface area contributed by atoms with Crippen molar-refractivity contribution in [3.8, 4) is 0 Å². The van der Waals surface area contributed by atoms with Crippen LogP contribution in [0, 0.1) is 6.92 Å². The van der Waals surface area contributed by atoms with Crippen molar-refractivity contribution < 1.29 is 9.21 Å². The van der Waals surface area contributed by atoms with E-state index in [-0.39, 0.29) is 17.6 Å². The van der Waals surface area contributed by atoms with Gasteiger partial charge in [0.15, 0.2) is 0 Å². The van der Waals surface area contributed by atoms with Gasteiger partial charge in [-0.25, -0.2) is 9.78 Å². The second-order valence-electron chi connectivity index (χ2n) is 8.01. The highest BCUT2D eigenvalue weighted by Gasteiger charge is 2.24. The second-order valence-corrected chi connectivity index (χ2v) is 8.01. The van der Waals surface area contributed by atoms with E-state index in [2.05, 4.69) is 27.4 Å². The van der Waals surface area contributed by atoms with E-state index in [0.29, 0.717) is 11.5 Å². The van der Waals surface area contributed by atoms with Crippen molar-refractivity contribution in [2.45, 2.75) is 46.1 Å². The molecule has 31 heavy (non-hydrogen) atoms. The third-order valence-corrected chi connectivity index (χ3v) is 5.40. The number of carbonyl (C=O) groups is 1. The molecule has 8 heteroatoms. The highest BCUT2D eigenvalue weighted by atomic mass is 16.4. The van der Waals surface area contributed by atoms with Crippen LogP contribution in [0.3, 0.4) is 0 Å². The lowest BCUT2D eigenvalue weighted by Gasteiger charge is -2.19. The van der Waals surface area contributed by atoms with Crippen LogP contribution < -0.4 is 21.2 Å². The Kier molecular flexibility index (Phi) is 5.88. The standard InChI is InChI=1S/C23H27N5O3/c1-4-5-16-12-21(28-9-8-18(13-28)24-15(3)29)27-23(25-16)26-17-6-7-19-14(2)10-22(30)31-20(19)11-17/h6-7,10-12,18H,4-5,8-9,13H2,1-3H3,(H,24,29)(H,25,26,27)/t18-/m0/s1. The van der Waals surface area contributed by atoms with Crippen molar-refractivity contribution in [1.82, 2.24) is 15.3 Å². The predicted octanol–water partition coefficient (Wildman–Crippen LogP) is 3.30. The third kappa shape index (κ3) is 4.84.